The smallest absolute Gasteiger partial charge is 0.390 e. The Kier molecular flexibility index (Phi) is 8.01. The van der Waals surface area contributed by atoms with Crippen LogP contribution >= 0.6 is 7.60 Å². The van der Waals surface area contributed by atoms with Crippen molar-refractivity contribution >= 4 is 25.2 Å². The maximum atomic E-state index is 12.4. The zero-order chi connectivity index (χ0) is 23.8. The van der Waals surface area contributed by atoms with Gasteiger partial charge in [0.15, 0.2) is 0 Å². The summed E-state index contributed by atoms with van der Waals surface area (Å²) in [7, 11) is -4.17. The third-order valence-electron chi connectivity index (χ3n) is 4.76. The Morgan fingerprint density at radius 2 is 1.55 bits per heavy atom. The van der Waals surface area contributed by atoms with Crippen LogP contribution in [0.5, 0.6) is 5.75 Å². The van der Waals surface area contributed by atoms with E-state index < -0.39 is 25.9 Å². The molecule has 0 spiro atoms. The van der Waals surface area contributed by atoms with E-state index in [-0.39, 0.29) is 18.1 Å². The van der Waals surface area contributed by atoms with Gasteiger partial charge in [0, 0.05) is 12.6 Å². The summed E-state index contributed by atoms with van der Waals surface area (Å²) in [5.74, 6) is -1.25. The second-order valence-electron chi connectivity index (χ2n) is 7.45. The van der Waals surface area contributed by atoms with E-state index in [1.165, 1.54) is 31.2 Å². The number of rotatable bonds is 10. The number of carboxylic acids is 1. The first kappa shape index (κ1) is 24.2. The van der Waals surface area contributed by atoms with E-state index >= 15 is 0 Å². The van der Waals surface area contributed by atoms with Crippen LogP contribution in [0.15, 0.2) is 78.9 Å². The molecule has 3 rings (SSSR count). The summed E-state index contributed by atoms with van der Waals surface area (Å²) in [4.78, 5) is 32.9. The van der Waals surface area contributed by atoms with E-state index in [0.717, 1.165) is 16.7 Å². The first-order chi connectivity index (χ1) is 15.7. The van der Waals surface area contributed by atoms with Crippen LogP contribution in [0.25, 0.3) is 11.1 Å². The molecule has 0 saturated carbocycles. The first-order valence-electron chi connectivity index (χ1n) is 10.2. The molecule has 1 unspecified atom stereocenters. The van der Waals surface area contributed by atoms with Crippen molar-refractivity contribution in [2.45, 2.75) is 19.4 Å². The normalized spacial score (nSPS) is 13.5. The maximum absolute atomic E-state index is 12.4. The molecule has 0 heterocycles. The molecule has 33 heavy (non-hydrogen) atoms. The summed E-state index contributed by atoms with van der Waals surface area (Å²) in [6, 6.07) is 22.2. The molecular weight excluding hydrogens is 443 g/mol. The highest BCUT2D eigenvalue weighted by molar-refractivity contribution is 7.53. The van der Waals surface area contributed by atoms with Gasteiger partial charge < -0.3 is 19.8 Å². The lowest BCUT2D eigenvalue weighted by Gasteiger charge is -2.18. The van der Waals surface area contributed by atoms with E-state index in [1.54, 1.807) is 0 Å². The Morgan fingerprint density at radius 3 is 2.12 bits per heavy atom. The van der Waals surface area contributed by atoms with Crippen LogP contribution < -0.4 is 15.2 Å². The quantitative estimate of drug-likeness (QED) is 0.330. The number of carbonyl (C=O) groups excluding carboxylic acids is 1. The van der Waals surface area contributed by atoms with Gasteiger partial charge in [-0.05, 0) is 47.4 Å². The maximum Gasteiger partial charge on any atom is 0.390 e. The van der Waals surface area contributed by atoms with Gasteiger partial charge in [-0.2, -0.15) is 0 Å². The Balaban J connectivity index is 1.58. The van der Waals surface area contributed by atoms with Crippen molar-refractivity contribution in [3.05, 3.63) is 84.4 Å². The monoisotopic (exact) mass is 468 g/mol. The zero-order valence-electron chi connectivity index (χ0n) is 18.0. The van der Waals surface area contributed by atoms with E-state index in [0.29, 0.717) is 5.69 Å². The molecule has 0 saturated heterocycles. The lowest BCUT2D eigenvalue weighted by Crippen LogP contribution is -2.39. The molecule has 3 aromatic carbocycles. The minimum atomic E-state index is -4.17. The topological polar surface area (TPSA) is 125 Å². The van der Waals surface area contributed by atoms with E-state index in [9.17, 15) is 24.2 Å². The average Bonchev–Trinajstić information content (AvgIpc) is 2.78. The number of anilines is 1. The van der Waals surface area contributed by atoms with Gasteiger partial charge in [-0.3, -0.25) is 14.9 Å². The highest BCUT2D eigenvalue weighted by atomic mass is 31.2. The van der Waals surface area contributed by atoms with Gasteiger partial charge in [-0.15, -0.1) is 0 Å². The number of carbonyl (C=O) groups is 2. The predicted octanol–water partition coefficient (Wildman–Crippen LogP) is 4.12. The van der Waals surface area contributed by atoms with Crippen LogP contribution in [-0.2, 0) is 20.6 Å². The third kappa shape index (κ3) is 7.57. The molecular formula is C24H25N2O6P. The molecule has 172 valence electrons. The highest BCUT2D eigenvalue weighted by Gasteiger charge is 2.26. The molecule has 0 fully saturated rings. The first-order valence-corrected chi connectivity index (χ1v) is 12.0. The SMILES string of the molecule is CC(=O)Nc1ccc(OP(=O)(O)CN[C@@H](Cc2ccc(-c3ccccc3)cc2)C(=O)O)cc1. The van der Waals surface area contributed by atoms with Crippen LogP contribution in [0.1, 0.15) is 12.5 Å². The Labute approximate surface area is 191 Å². The van der Waals surface area contributed by atoms with Gasteiger partial charge >= 0.3 is 13.6 Å². The van der Waals surface area contributed by atoms with E-state index in [2.05, 4.69) is 10.6 Å². The second-order valence-corrected chi connectivity index (χ2v) is 9.23. The number of nitrogens with one attached hydrogen (secondary N) is 2. The summed E-state index contributed by atoms with van der Waals surface area (Å²) in [5.41, 5.74) is 3.36. The summed E-state index contributed by atoms with van der Waals surface area (Å²) >= 11 is 0. The van der Waals surface area contributed by atoms with Gasteiger partial charge in [0.2, 0.25) is 5.91 Å². The van der Waals surface area contributed by atoms with Crippen molar-refractivity contribution in [2.24, 2.45) is 0 Å². The Hall–Kier alpha value is -3.45. The number of carboxylic acid groups (broad SMARTS) is 1. The standard InChI is InChI=1S/C24H25N2O6P/c1-17(27)26-21-11-13-22(14-12-21)32-33(30,31)16-25-23(24(28)29)15-18-7-9-20(10-8-18)19-5-3-2-4-6-19/h2-14,23,25H,15-16H2,1H3,(H,26,27)(H,28,29)(H,30,31)/t23-/m0/s1. The van der Waals surface area contributed by atoms with Crippen molar-refractivity contribution in [1.29, 1.82) is 0 Å². The van der Waals surface area contributed by atoms with E-state index in [1.807, 2.05) is 54.6 Å². The molecule has 8 nitrogen and oxygen atoms in total. The fraction of sp³-hybridized carbons (Fsp3) is 0.167. The average molecular weight is 468 g/mol. The van der Waals surface area contributed by atoms with Crippen LogP contribution in [0.3, 0.4) is 0 Å². The summed E-state index contributed by atoms with van der Waals surface area (Å²) in [5, 5.41) is 14.7. The van der Waals surface area contributed by atoms with Crippen molar-refractivity contribution < 1.29 is 28.7 Å². The van der Waals surface area contributed by atoms with Gasteiger partial charge in [0.05, 0.1) is 0 Å². The van der Waals surface area contributed by atoms with Crippen molar-refractivity contribution in [3.8, 4) is 16.9 Å². The van der Waals surface area contributed by atoms with Gasteiger partial charge in [0.1, 0.15) is 18.1 Å². The number of aliphatic carboxylic acids is 1. The minimum Gasteiger partial charge on any atom is -0.480 e. The Morgan fingerprint density at radius 1 is 0.939 bits per heavy atom. The molecule has 0 aromatic heterocycles. The van der Waals surface area contributed by atoms with Crippen LogP contribution in [0.4, 0.5) is 5.69 Å². The van der Waals surface area contributed by atoms with Crippen molar-refractivity contribution in [1.82, 2.24) is 5.32 Å². The molecule has 0 bridgehead atoms. The molecule has 1 amide bonds. The number of hydrogen-bond donors (Lipinski definition) is 4. The summed E-state index contributed by atoms with van der Waals surface area (Å²) in [6.45, 7) is 1.37. The van der Waals surface area contributed by atoms with E-state index in [4.69, 9.17) is 4.52 Å². The van der Waals surface area contributed by atoms with Gasteiger partial charge in [-0.25, -0.2) is 4.57 Å². The summed E-state index contributed by atoms with van der Waals surface area (Å²) < 4.78 is 17.6. The zero-order valence-corrected chi connectivity index (χ0v) is 18.9. The number of amides is 1. The lowest BCUT2D eigenvalue weighted by atomic mass is 10.0. The largest absolute Gasteiger partial charge is 0.480 e. The lowest BCUT2D eigenvalue weighted by molar-refractivity contribution is -0.139. The van der Waals surface area contributed by atoms with Crippen LogP contribution in [0.2, 0.25) is 0 Å². The molecule has 0 aliphatic rings. The van der Waals surface area contributed by atoms with Gasteiger partial charge in [0.25, 0.3) is 0 Å². The third-order valence-corrected chi connectivity index (χ3v) is 5.84. The fourth-order valence-electron chi connectivity index (χ4n) is 3.17. The molecule has 9 heteroatoms. The fourth-order valence-corrected chi connectivity index (χ4v) is 4.14. The van der Waals surface area contributed by atoms with Crippen LogP contribution in [-0.4, -0.2) is 34.2 Å². The van der Waals surface area contributed by atoms with Crippen LogP contribution in [0, 0.1) is 0 Å². The predicted molar refractivity (Wildman–Crippen MR) is 126 cm³/mol. The highest BCUT2D eigenvalue weighted by Crippen LogP contribution is 2.41. The Bertz CT molecular complexity index is 1130. The van der Waals surface area contributed by atoms with Crippen molar-refractivity contribution in [2.75, 3.05) is 11.6 Å². The second kappa shape index (κ2) is 10.9. The van der Waals surface area contributed by atoms with Gasteiger partial charge in [-0.1, -0.05) is 54.6 Å². The molecule has 0 aliphatic heterocycles. The molecule has 4 N–H and O–H groups in total. The number of hydrogen-bond acceptors (Lipinski definition) is 5. The minimum absolute atomic E-state index is 0.125. The molecule has 0 aliphatic carbocycles. The summed E-state index contributed by atoms with van der Waals surface area (Å²) in [6.07, 6.45) is -0.407. The number of benzene rings is 3. The molecule has 2 atom stereocenters. The molecule has 3 aromatic rings. The van der Waals surface area contributed by atoms with Crippen molar-refractivity contribution in [3.63, 3.8) is 0 Å². The molecule has 0 radical (unpaired) electrons.